The number of halogens is 2. The summed E-state index contributed by atoms with van der Waals surface area (Å²) < 4.78 is 5.49. The first-order valence-corrected chi connectivity index (χ1v) is 5.36. The van der Waals surface area contributed by atoms with Crippen LogP contribution >= 0.6 is 23.2 Å². The Morgan fingerprint density at radius 3 is 2.93 bits per heavy atom. The molecule has 0 aliphatic carbocycles. The number of nitrogens with zero attached hydrogens (tertiary/aromatic N) is 1. The molecule has 1 aliphatic heterocycles. The zero-order valence-corrected chi connectivity index (χ0v) is 9.48. The number of benzene rings is 1. The highest BCUT2D eigenvalue weighted by molar-refractivity contribution is 6.35. The first-order chi connectivity index (χ1) is 7.25. The van der Waals surface area contributed by atoms with Gasteiger partial charge >= 0.3 is 0 Å². The number of aliphatic imine (C=N–C) groups is 1. The van der Waals surface area contributed by atoms with Gasteiger partial charge in [0.15, 0.2) is 0 Å². The zero-order valence-electron chi connectivity index (χ0n) is 7.96. The van der Waals surface area contributed by atoms with Crippen LogP contribution in [0.15, 0.2) is 23.2 Å². The monoisotopic (exact) mass is 244 g/mol. The predicted molar refractivity (Wildman–Crippen MR) is 62.3 cm³/mol. The lowest BCUT2D eigenvalue weighted by atomic mass is 10.3. The van der Waals surface area contributed by atoms with Crippen molar-refractivity contribution in [3.8, 4) is 5.75 Å². The molecule has 1 heterocycles. The molecular formula is C10H10Cl2N2O. The van der Waals surface area contributed by atoms with E-state index >= 15 is 0 Å². The number of hydrogen-bond donors (Lipinski definition) is 1. The van der Waals surface area contributed by atoms with E-state index < -0.39 is 0 Å². The molecule has 0 atom stereocenters. The van der Waals surface area contributed by atoms with E-state index in [0.717, 1.165) is 18.9 Å². The molecule has 1 aliphatic rings. The van der Waals surface area contributed by atoms with Crippen molar-refractivity contribution in [3.05, 3.63) is 28.2 Å². The molecule has 0 spiro atoms. The first-order valence-electron chi connectivity index (χ1n) is 4.61. The standard InChI is InChI=1S/C10H10Cl2N2O/c11-7-1-2-9(8(12)5-7)15-6-10-13-3-4-14-10/h1-2,5H,3-4,6H2,(H,13,14). The van der Waals surface area contributed by atoms with Crippen LogP contribution in [0.1, 0.15) is 0 Å². The summed E-state index contributed by atoms with van der Waals surface area (Å²) in [6.07, 6.45) is 0. The lowest BCUT2D eigenvalue weighted by Crippen LogP contribution is -2.24. The number of amidine groups is 1. The molecule has 0 amide bonds. The second-order valence-electron chi connectivity index (χ2n) is 3.12. The van der Waals surface area contributed by atoms with E-state index in [1.54, 1.807) is 18.2 Å². The Bertz CT molecular complexity index is 393. The lowest BCUT2D eigenvalue weighted by Gasteiger charge is -2.08. The highest BCUT2D eigenvalue weighted by atomic mass is 35.5. The van der Waals surface area contributed by atoms with Gasteiger partial charge in [-0.05, 0) is 18.2 Å². The summed E-state index contributed by atoms with van der Waals surface area (Å²) in [6.45, 7) is 2.11. The summed E-state index contributed by atoms with van der Waals surface area (Å²) in [5, 5.41) is 4.23. The molecule has 0 bridgehead atoms. The molecule has 1 aromatic rings. The van der Waals surface area contributed by atoms with Crippen molar-refractivity contribution in [2.24, 2.45) is 4.99 Å². The molecule has 15 heavy (non-hydrogen) atoms. The summed E-state index contributed by atoms with van der Waals surface area (Å²) >= 11 is 11.7. The maximum absolute atomic E-state index is 5.95. The van der Waals surface area contributed by atoms with E-state index in [1.165, 1.54) is 0 Å². The third-order valence-electron chi connectivity index (χ3n) is 2.00. The summed E-state index contributed by atoms with van der Waals surface area (Å²) in [7, 11) is 0. The minimum atomic E-state index is 0.418. The SMILES string of the molecule is Clc1ccc(OCC2=NCCN2)c(Cl)c1. The summed E-state index contributed by atoms with van der Waals surface area (Å²) in [6, 6.07) is 5.15. The minimum absolute atomic E-state index is 0.418. The van der Waals surface area contributed by atoms with Crippen molar-refractivity contribution in [3.63, 3.8) is 0 Å². The van der Waals surface area contributed by atoms with Crippen LogP contribution < -0.4 is 10.1 Å². The Kier molecular flexibility index (Phi) is 3.34. The van der Waals surface area contributed by atoms with Crippen molar-refractivity contribution in [2.45, 2.75) is 0 Å². The van der Waals surface area contributed by atoms with Crippen LogP contribution in [0.25, 0.3) is 0 Å². The van der Waals surface area contributed by atoms with E-state index in [9.17, 15) is 0 Å². The molecule has 1 aromatic carbocycles. The Morgan fingerprint density at radius 1 is 1.40 bits per heavy atom. The molecular weight excluding hydrogens is 235 g/mol. The number of rotatable bonds is 3. The fourth-order valence-electron chi connectivity index (χ4n) is 1.28. The third-order valence-corrected chi connectivity index (χ3v) is 2.53. The van der Waals surface area contributed by atoms with Gasteiger partial charge in [0.2, 0.25) is 0 Å². The number of ether oxygens (including phenoxy) is 1. The van der Waals surface area contributed by atoms with Gasteiger partial charge in [0.25, 0.3) is 0 Å². The van der Waals surface area contributed by atoms with Gasteiger partial charge < -0.3 is 10.1 Å². The topological polar surface area (TPSA) is 33.6 Å². The van der Waals surface area contributed by atoms with E-state index in [0.29, 0.717) is 22.4 Å². The van der Waals surface area contributed by atoms with Crippen LogP contribution in [0.3, 0.4) is 0 Å². The molecule has 3 nitrogen and oxygen atoms in total. The van der Waals surface area contributed by atoms with E-state index in [-0.39, 0.29) is 0 Å². The first kappa shape index (κ1) is 10.6. The van der Waals surface area contributed by atoms with Crippen molar-refractivity contribution >= 4 is 29.0 Å². The second-order valence-corrected chi connectivity index (χ2v) is 3.96. The van der Waals surface area contributed by atoms with Gasteiger partial charge in [-0.25, -0.2) is 0 Å². The van der Waals surface area contributed by atoms with Crippen LogP contribution in [0.5, 0.6) is 5.75 Å². The van der Waals surface area contributed by atoms with Crippen molar-refractivity contribution < 1.29 is 4.74 Å². The molecule has 1 N–H and O–H groups in total. The Labute approximate surface area is 98.1 Å². The lowest BCUT2D eigenvalue weighted by molar-refractivity contribution is 0.374. The average Bonchev–Trinajstić information content (AvgIpc) is 2.69. The minimum Gasteiger partial charge on any atom is -0.484 e. The largest absolute Gasteiger partial charge is 0.484 e. The maximum atomic E-state index is 5.95. The van der Waals surface area contributed by atoms with Crippen LogP contribution in [-0.4, -0.2) is 25.5 Å². The molecule has 0 radical (unpaired) electrons. The Balaban J connectivity index is 1.98. The van der Waals surface area contributed by atoms with E-state index in [2.05, 4.69) is 10.3 Å². The fourth-order valence-corrected chi connectivity index (χ4v) is 1.75. The smallest absolute Gasteiger partial charge is 0.145 e. The van der Waals surface area contributed by atoms with Crippen molar-refractivity contribution in [1.82, 2.24) is 5.32 Å². The molecule has 0 unspecified atom stereocenters. The maximum Gasteiger partial charge on any atom is 0.145 e. The van der Waals surface area contributed by atoms with Gasteiger partial charge in [-0.2, -0.15) is 0 Å². The van der Waals surface area contributed by atoms with Crippen molar-refractivity contribution in [2.75, 3.05) is 19.7 Å². The van der Waals surface area contributed by atoms with Gasteiger partial charge in [-0.3, -0.25) is 4.99 Å². The van der Waals surface area contributed by atoms with Crippen LogP contribution in [0.2, 0.25) is 10.0 Å². The summed E-state index contributed by atoms with van der Waals surface area (Å²) in [5.41, 5.74) is 0. The fraction of sp³-hybridized carbons (Fsp3) is 0.300. The van der Waals surface area contributed by atoms with Gasteiger partial charge in [0.05, 0.1) is 11.6 Å². The van der Waals surface area contributed by atoms with E-state index in [1.807, 2.05) is 0 Å². The van der Waals surface area contributed by atoms with Crippen LogP contribution in [0, 0.1) is 0 Å². The molecule has 0 saturated carbocycles. The molecule has 0 fully saturated rings. The molecule has 2 rings (SSSR count). The summed E-state index contributed by atoms with van der Waals surface area (Å²) in [4.78, 5) is 4.21. The molecule has 0 saturated heterocycles. The zero-order chi connectivity index (χ0) is 10.7. The highest BCUT2D eigenvalue weighted by Crippen LogP contribution is 2.27. The number of nitrogens with one attached hydrogen (secondary N) is 1. The normalized spacial score (nSPS) is 14.7. The van der Waals surface area contributed by atoms with Crippen LogP contribution in [0.4, 0.5) is 0 Å². The third kappa shape index (κ3) is 2.76. The van der Waals surface area contributed by atoms with Gasteiger partial charge in [0, 0.05) is 11.6 Å². The van der Waals surface area contributed by atoms with Gasteiger partial charge in [-0.15, -0.1) is 0 Å². The number of hydrogen-bond acceptors (Lipinski definition) is 3. The molecule has 5 heteroatoms. The van der Waals surface area contributed by atoms with Gasteiger partial charge in [0.1, 0.15) is 18.2 Å². The highest BCUT2D eigenvalue weighted by Gasteiger charge is 2.07. The van der Waals surface area contributed by atoms with Crippen LogP contribution in [-0.2, 0) is 0 Å². The molecule has 0 aromatic heterocycles. The quantitative estimate of drug-likeness (QED) is 0.886. The van der Waals surface area contributed by atoms with E-state index in [4.69, 9.17) is 27.9 Å². The predicted octanol–water partition coefficient (Wildman–Crippen LogP) is 2.37. The average molecular weight is 245 g/mol. The van der Waals surface area contributed by atoms with Crippen molar-refractivity contribution in [1.29, 1.82) is 0 Å². The summed E-state index contributed by atoms with van der Waals surface area (Å²) in [5.74, 6) is 1.48. The van der Waals surface area contributed by atoms with Gasteiger partial charge in [-0.1, -0.05) is 23.2 Å². The second kappa shape index (κ2) is 4.73. The molecule has 80 valence electrons. The Hall–Kier alpha value is -0.930. The Morgan fingerprint density at radius 2 is 2.27 bits per heavy atom.